The fourth-order valence-electron chi connectivity index (χ4n) is 2.55. The Labute approximate surface area is 117 Å². The minimum atomic E-state index is -0.259. The van der Waals surface area contributed by atoms with Gasteiger partial charge in [-0.15, -0.1) is 0 Å². The largest absolute Gasteiger partial charge is 0.489 e. The summed E-state index contributed by atoms with van der Waals surface area (Å²) in [6, 6.07) is 13.9. The minimum Gasteiger partial charge on any atom is -0.489 e. The number of carbonyl (C=O) groups excluding carboxylic acids is 1. The van der Waals surface area contributed by atoms with E-state index in [0.717, 1.165) is 11.1 Å². The van der Waals surface area contributed by atoms with Gasteiger partial charge >= 0.3 is 5.97 Å². The Balaban J connectivity index is 1.69. The van der Waals surface area contributed by atoms with Gasteiger partial charge < -0.3 is 14.8 Å². The summed E-state index contributed by atoms with van der Waals surface area (Å²) >= 11 is 0. The maximum Gasteiger partial charge on any atom is 0.323 e. The van der Waals surface area contributed by atoms with Crippen LogP contribution < -0.4 is 10.1 Å². The van der Waals surface area contributed by atoms with Gasteiger partial charge in [-0.3, -0.25) is 4.79 Å². The first-order valence-corrected chi connectivity index (χ1v) is 6.73. The second-order valence-electron chi connectivity index (χ2n) is 4.97. The molecule has 0 bridgehead atoms. The number of benzene rings is 2. The Morgan fingerprint density at radius 2 is 2.00 bits per heavy atom. The molecule has 4 nitrogen and oxygen atoms in total. The molecule has 104 valence electrons. The van der Waals surface area contributed by atoms with Crippen LogP contribution in [0.5, 0.6) is 5.75 Å². The lowest BCUT2D eigenvalue weighted by atomic mass is 10.1. The first kappa shape index (κ1) is 12.9. The van der Waals surface area contributed by atoms with Crippen LogP contribution in [0.1, 0.15) is 6.42 Å². The number of hydrogen-bond donors (Lipinski definition) is 1. The van der Waals surface area contributed by atoms with Crippen molar-refractivity contribution >= 4 is 16.7 Å². The number of hydrogen-bond acceptors (Lipinski definition) is 4. The van der Waals surface area contributed by atoms with Crippen molar-refractivity contribution < 1.29 is 14.3 Å². The van der Waals surface area contributed by atoms with Gasteiger partial charge in [0.15, 0.2) is 0 Å². The standard InChI is InChI=1S/C16H17NO3/c1-19-16(18)15-9-14(10-17-15)20-13-7-6-11-4-2-3-5-12(11)8-13/h2-8,14-15,17H,9-10H2,1H3. The molecule has 2 unspecified atom stereocenters. The van der Waals surface area contributed by atoms with Gasteiger partial charge in [0.05, 0.1) is 7.11 Å². The number of fused-ring (bicyclic) bond motifs is 1. The summed E-state index contributed by atoms with van der Waals surface area (Å²) in [7, 11) is 1.40. The number of methoxy groups -OCH3 is 1. The number of ether oxygens (including phenoxy) is 2. The molecule has 4 heteroatoms. The molecule has 1 fully saturated rings. The first-order valence-electron chi connectivity index (χ1n) is 6.73. The van der Waals surface area contributed by atoms with Crippen molar-refractivity contribution in [2.45, 2.75) is 18.6 Å². The topological polar surface area (TPSA) is 47.6 Å². The summed E-state index contributed by atoms with van der Waals surface area (Å²) in [6.45, 7) is 0.659. The van der Waals surface area contributed by atoms with Crippen LogP contribution in [-0.2, 0) is 9.53 Å². The monoisotopic (exact) mass is 271 g/mol. The molecule has 0 aliphatic carbocycles. The number of esters is 1. The van der Waals surface area contributed by atoms with Gasteiger partial charge in [0, 0.05) is 13.0 Å². The molecule has 0 spiro atoms. The van der Waals surface area contributed by atoms with Gasteiger partial charge in [0.2, 0.25) is 0 Å². The van der Waals surface area contributed by atoms with Crippen molar-refractivity contribution in [2.75, 3.05) is 13.7 Å². The molecule has 0 radical (unpaired) electrons. The summed E-state index contributed by atoms with van der Waals surface area (Å²) in [5, 5.41) is 5.46. The molecule has 0 amide bonds. The van der Waals surface area contributed by atoms with Crippen molar-refractivity contribution in [1.29, 1.82) is 0 Å². The summed E-state index contributed by atoms with van der Waals surface area (Å²) in [4.78, 5) is 11.4. The number of rotatable bonds is 3. The van der Waals surface area contributed by atoms with E-state index in [1.54, 1.807) is 0 Å². The predicted octanol–water partition coefficient (Wildman–Crippen LogP) is 2.12. The van der Waals surface area contributed by atoms with E-state index >= 15 is 0 Å². The minimum absolute atomic E-state index is 0.000243. The Hall–Kier alpha value is -2.07. The lowest BCUT2D eigenvalue weighted by Crippen LogP contribution is -2.31. The van der Waals surface area contributed by atoms with Gasteiger partial charge in [-0.05, 0) is 22.9 Å². The Bertz CT molecular complexity index is 626. The molecule has 1 N–H and O–H groups in total. The third kappa shape index (κ3) is 2.60. The molecule has 1 aliphatic rings. The van der Waals surface area contributed by atoms with E-state index in [1.165, 1.54) is 12.5 Å². The molecule has 0 saturated carbocycles. The van der Waals surface area contributed by atoms with Crippen molar-refractivity contribution in [3.8, 4) is 5.75 Å². The smallest absolute Gasteiger partial charge is 0.323 e. The van der Waals surface area contributed by atoms with E-state index in [4.69, 9.17) is 9.47 Å². The Morgan fingerprint density at radius 1 is 1.20 bits per heavy atom. The maximum absolute atomic E-state index is 11.4. The van der Waals surface area contributed by atoms with Gasteiger partial charge in [0.1, 0.15) is 17.9 Å². The summed E-state index contributed by atoms with van der Waals surface area (Å²) in [6.07, 6.45) is 0.639. The van der Waals surface area contributed by atoms with E-state index in [0.29, 0.717) is 13.0 Å². The lowest BCUT2D eigenvalue weighted by molar-refractivity contribution is -0.142. The van der Waals surface area contributed by atoms with Crippen molar-refractivity contribution in [3.63, 3.8) is 0 Å². The predicted molar refractivity (Wildman–Crippen MR) is 76.8 cm³/mol. The van der Waals surface area contributed by atoms with Crippen molar-refractivity contribution in [2.24, 2.45) is 0 Å². The Kier molecular flexibility index (Phi) is 3.56. The maximum atomic E-state index is 11.4. The van der Waals surface area contributed by atoms with E-state index in [2.05, 4.69) is 17.4 Å². The van der Waals surface area contributed by atoms with Gasteiger partial charge in [-0.2, -0.15) is 0 Å². The van der Waals surface area contributed by atoms with Crippen LogP contribution in [0.25, 0.3) is 10.8 Å². The number of nitrogens with one attached hydrogen (secondary N) is 1. The zero-order valence-corrected chi connectivity index (χ0v) is 11.3. The van der Waals surface area contributed by atoms with Crippen LogP contribution in [0.4, 0.5) is 0 Å². The lowest BCUT2D eigenvalue weighted by Gasteiger charge is -2.13. The van der Waals surface area contributed by atoms with Crippen LogP contribution in [-0.4, -0.2) is 31.8 Å². The fraction of sp³-hybridized carbons (Fsp3) is 0.312. The second kappa shape index (κ2) is 5.51. The molecule has 2 atom stereocenters. The molecular weight excluding hydrogens is 254 g/mol. The second-order valence-corrected chi connectivity index (χ2v) is 4.97. The molecular formula is C16H17NO3. The van der Waals surface area contributed by atoms with E-state index in [9.17, 15) is 4.79 Å². The highest BCUT2D eigenvalue weighted by Crippen LogP contribution is 2.23. The zero-order chi connectivity index (χ0) is 13.9. The van der Waals surface area contributed by atoms with E-state index in [1.807, 2.05) is 30.3 Å². The van der Waals surface area contributed by atoms with Crippen LogP contribution in [0.3, 0.4) is 0 Å². The average molecular weight is 271 g/mol. The molecule has 2 aromatic rings. The quantitative estimate of drug-likeness (QED) is 0.869. The van der Waals surface area contributed by atoms with Crippen molar-refractivity contribution in [1.82, 2.24) is 5.32 Å². The van der Waals surface area contributed by atoms with Crippen LogP contribution in [0.15, 0.2) is 42.5 Å². The molecule has 1 saturated heterocycles. The molecule has 1 aliphatic heterocycles. The SMILES string of the molecule is COC(=O)C1CC(Oc2ccc3ccccc3c2)CN1. The Morgan fingerprint density at radius 3 is 2.80 bits per heavy atom. The highest BCUT2D eigenvalue weighted by molar-refractivity contribution is 5.83. The van der Waals surface area contributed by atoms with E-state index in [-0.39, 0.29) is 18.1 Å². The fourth-order valence-corrected chi connectivity index (χ4v) is 2.55. The zero-order valence-electron chi connectivity index (χ0n) is 11.3. The van der Waals surface area contributed by atoms with Crippen LogP contribution in [0, 0.1) is 0 Å². The van der Waals surface area contributed by atoms with Crippen LogP contribution in [0.2, 0.25) is 0 Å². The summed E-state index contributed by atoms with van der Waals surface area (Å²) in [5.74, 6) is 0.607. The van der Waals surface area contributed by atoms with E-state index < -0.39 is 0 Å². The summed E-state index contributed by atoms with van der Waals surface area (Å²) < 4.78 is 10.7. The highest BCUT2D eigenvalue weighted by atomic mass is 16.5. The molecule has 2 aromatic carbocycles. The highest BCUT2D eigenvalue weighted by Gasteiger charge is 2.31. The van der Waals surface area contributed by atoms with Gasteiger partial charge in [-0.1, -0.05) is 30.3 Å². The molecule has 1 heterocycles. The molecule has 3 rings (SSSR count). The molecule has 0 aromatic heterocycles. The van der Waals surface area contributed by atoms with Gasteiger partial charge in [0.25, 0.3) is 0 Å². The summed E-state index contributed by atoms with van der Waals surface area (Å²) in [5.41, 5.74) is 0. The van der Waals surface area contributed by atoms with Crippen LogP contribution >= 0.6 is 0 Å². The first-order chi connectivity index (χ1) is 9.76. The van der Waals surface area contributed by atoms with Gasteiger partial charge in [-0.25, -0.2) is 0 Å². The van der Waals surface area contributed by atoms with Crippen molar-refractivity contribution in [3.05, 3.63) is 42.5 Å². The third-order valence-corrected chi connectivity index (χ3v) is 3.60. The number of carbonyl (C=O) groups is 1. The third-order valence-electron chi connectivity index (χ3n) is 3.60. The molecule has 20 heavy (non-hydrogen) atoms. The average Bonchev–Trinajstić information content (AvgIpc) is 2.95. The normalized spacial score (nSPS) is 21.9.